The summed E-state index contributed by atoms with van der Waals surface area (Å²) in [5, 5.41) is 30.1. The number of carboxylic acids is 1. The lowest BCUT2D eigenvalue weighted by molar-refractivity contribution is -0.384. The van der Waals surface area contributed by atoms with Gasteiger partial charge in [0.25, 0.3) is 5.69 Å². The second-order valence-electron chi connectivity index (χ2n) is 4.21. The molecule has 0 aliphatic rings. The van der Waals surface area contributed by atoms with Crippen LogP contribution in [0.4, 0.5) is 11.5 Å². The van der Waals surface area contributed by atoms with Crippen molar-refractivity contribution in [3.05, 3.63) is 51.7 Å². The number of nitro groups is 1. The van der Waals surface area contributed by atoms with Crippen LogP contribution >= 0.6 is 0 Å². The lowest BCUT2D eigenvalue weighted by Gasteiger charge is -2.07. The van der Waals surface area contributed by atoms with Crippen molar-refractivity contribution in [1.29, 1.82) is 5.41 Å². The Morgan fingerprint density at radius 2 is 2.05 bits per heavy atom. The third-order valence-corrected chi connectivity index (χ3v) is 2.81. The van der Waals surface area contributed by atoms with Crippen LogP contribution in [0.1, 0.15) is 16.1 Å². The smallest absolute Gasteiger partial charge is 0.352 e. The second kappa shape index (κ2) is 5.95. The van der Waals surface area contributed by atoms with Crippen LogP contribution in [0.5, 0.6) is 5.75 Å². The van der Waals surface area contributed by atoms with E-state index >= 15 is 0 Å². The maximum atomic E-state index is 10.9. The van der Waals surface area contributed by atoms with Crippen LogP contribution in [-0.4, -0.2) is 33.9 Å². The van der Waals surface area contributed by atoms with Gasteiger partial charge in [-0.15, -0.1) is 0 Å². The van der Waals surface area contributed by atoms with Crippen LogP contribution in [0.3, 0.4) is 0 Å². The predicted octanol–water partition coefficient (Wildman–Crippen LogP) is 2.07. The molecule has 2 aromatic rings. The first-order valence-corrected chi connectivity index (χ1v) is 6.07. The highest BCUT2D eigenvalue weighted by Gasteiger charge is 2.17. The van der Waals surface area contributed by atoms with Gasteiger partial charge in [0.1, 0.15) is 17.3 Å². The molecule has 114 valence electrons. The highest BCUT2D eigenvalue weighted by atomic mass is 16.6. The van der Waals surface area contributed by atoms with Gasteiger partial charge in [-0.05, 0) is 18.2 Å². The Labute approximate surface area is 124 Å². The van der Waals surface area contributed by atoms with E-state index in [-0.39, 0.29) is 28.6 Å². The number of carbonyl (C=O) groups is 1. The molecule has 22 heavy (non-hydrogen) atoms. The molecule has 0 aliphatic carbocycles. The van der Waals surface area contributed by atoms with Crippen LogP contribution in [0, 0.1) is 15.5 Å². The first kappa shape index (κ1) is 15.0. The van der Waals surface area contributed by atoms with Crippen LogP contribution in [-0.2, 0) is 0 Å². The molecular weight excluding hydrogens is 292 g/mol. The monoisotopic (exact) mass is 304 g/mol. The molecule has 1 aromatic carbocycles. The lowest BCUT2D eigenvalue weighted by Crippen LogP contribution is -2.10. The molecule has 0 saturated carbocycles. The quantitative estimate of drug-likeness (QED) is 0.288. The maximum Gasteiger partial charge on any atom is 0.352 e. The van der Waals surface area contributed by atoms with Crippen LogP contribution in [0.2, 0.25) is 0 Å². The summed E-state index contributed by atoms with van der Waals surface area (Å²) in [5.41, 5.74) is 0.0549. The van der Waals surface area contributed by atoms with Gasteiger partial charge >= 0.3 is 5.97 Å². The lowest BCUT2D eigenvalue weighted by atomic mass is 10.2. The van der Waals surface area contributed by atoms with E-state index < -0.39 is 10.9 Å². The molecule has 0 amide bonds. The third kappa shape index (κ3) is 3.03. The molecule has 0 spiro atoms. The van der Waals surface area contributed by atoms with E-state index in [0.717, 1.165) is 0 Å². The van der Waals surface area contributed by atoms with Crippen LogP contribution in [0.25, 0.3) is 0 Å². The second-order valence-corrected chi connectivity index (χ2v) is 4.21. The fourth-order valence-corrected chi connectivity index (χ4v) is 1.75. The third-order valence-electron chi connectivity index (χ3n) is 2.81. The molecule has 0 bridgehead atoms. The number of hydrogen-bond acceptors (Lipinski definition) is 6. The van der Waals surface area contributed by atoms with Crippen molar-refractivity contribution < 1.29 is 19.6 Å². The number of aromatic amines is 1. The minimum atomic E-state index is -1.16. The van der Waals surface area contributed by atoms with Gasteiger partial charge in [-0.3, -0.25) is 15.5 Å². The number of aromatic carboxylic acids is 1. The number of anilines is 1. The standard InChI is InChI=1S/C13H12N4O5/c1-15-12-9(6-10(16-12)13(18)19)11(14)22-8-4-2-7(3-5-8)17(20)21/h2-6,14-16H,1H3,(H,18,19). The number of benzene rings is 1. The molecule has 9 nitrogen and oxygen atoms in total. The topological polar surface area (TPSA) is 141 Å². The van der Waals surface area contributed by atoms with Crippen molar-refractivity contribution in [3.8, 4) is 5.75 Å². The Morgan fingerprint density at radius 3 is 2.55 bits per heavy atom. The number of aromatic nitrogens is 1. The highest BCUT2D eigenvalue weighted by molar-refractivity contribution is 6.01. The Bertz CT molecular complexity index is 735. The normalized spacial score (nSPS) is 10.0. The Hall–Kier alpha value is -3.36. The molecule has 0 fully saturated rings. The summed E-state index contributed by atoms with van der Waals surface area (Å²) in [6.45, 7) is 0. The van der Waals surface area contributed by atoms with Crippen molar-refractivity contribution in [2.24, 2.45) is 0 Å². The number of nitrogens with one attached hydrogen (secondary N) is 3. The zero-order chi connectivity index (χ0) is 16.3. The summed E-state index contributed by atoms with van der Waals surface area (Å²) in [6, 6.07) is 6.48. The van der Waals surface area contributed by atoms with Crippen molar-refractivity contribution in [1.82, 2.24) is 4.98 Å². The summed E-state index contributed by atoms with van der Waals surface area (Å²) in [6.07, 6.45) is 0. The molecular formula is C13H12N4O5. The summed E-state index contributed by atoms with van der Waals surface area (Å²) in [4.78, 5) is 23.5. The summed E-state index contributed by atoms with van der Waals surface area (Å²) >= 11 is 0. The molecule has 0 atom stereocenters. The number of non-ortho nitro benzene ring substituents is 1. The van der Waals surface area contributed by atoms with Crippen molar-refractivity contribution in [2.75, 3.05) is 12.4 Å². The molecule has 2 rings (SSSR count). The predicted molar refractivity (Wildman–Crippen MR) is 77.9 cm³/mol. The van der Waals surface area contributed by atoms with Gasteiger partial charge in [0.15, 0.2) is 0 Å². The molecule has 4 N–H and O–H groups in total. The molecule has 0 unspecified atom stereocenters. The number of rotatable bonds is 5. The van der Waals surface area contributed by atoms with Gasteiger partial charge in [0.05, 0.1) is 10.5 Å². The Morgan fingerprint density at radius 1 is 1.41 bits per heavy atom. The van der Waals surface area contributed by atoms with Crippen molar-refractivity contribution in [2.45, 2.75) is 0 Å². The number of carboxylic acid groups (broad SMARTS) is 1. The van der Waals surface area contributed by atoms with Crippen LogP contribution in [0.15, 0.2) is 30.3 Å². The Kier molecular flexibility index (Phi) is 4.07. The fourth-order valence-electron chi connectivity index (χ4n) is 1.75. The fraction of sp³-hybridized carbons (Fsp3) is 0.0769. The van der Waals surface area contributed by atoms with Gasteiger partial charge in [-0.2, -0.15) is 0 Å². The van der Waals surface area contributed by atoms with Gasteiger partial charge in [0.2, 0.25) is 5.90 Å². The molecule has 0 aliphatic heterocycles. The van der Waals surface area contributed by atoms with Crippen molar-refractivity contribution >= 4 is 23.4 Å². The van der Waals surface area contributed by atoms with Gasteiger partial charge in [-0.25, -0.2) is 4.79 Å². The summed E-state index contributed by atoms with van der Waals surface area (Å²) in [5.74, 6) is -0.895. The van der Waals surface area contributed by atoms with Gasteiger partial charge < -0.3 is 20.1 Å². The molecule has 9 heteroatoms. The average Bonchev–Trinajstić information content (AvgIpc) is 2.92. The van der Waals surface area contributed by atoms with E-state index in [1.54, 1.807) is 7.05 Å². The van der Waals surface area contributed by atoms with E-state index in [0.29, 0.717) is 5.82 Å². The number of nitrogens with zero attached hydrogens (tertiary/aromatic N) is 1. The summed E-state index contributed by atoms with van der Waals surface area (Å²) < 4.78 is 5.28. The van der Waals surface area contributed by atoms with E-state index in [4.69, 9.17) is 15.3 Å². The van der Waals surface area contributed by atoms with Gasteiger partial charge in [-0.1, -0.05) is 0 Å². The first-order chi connectivity index (χ1) is 10.4. The van der Waals surface area contributed by atoms with Gasteiger partial charge in [0, 0.05) is 19.2 Å². The first-order valence-electron chi connectivity index (χ1n) is 6.07. The minimum Gasteiger partial charge on any atom is -0.477 e. The minimum absolute atomic E-state index is 0.0867. The van der Waals surface area contributed by atoms with E-state index in [2.05, 4.69) is 10.3 Å². The zero-order valence-electron chi connectivity index (χ0n) is 11.4. The summed E-state index contributed by atoms with van der Waals surface area (Å²) in [7, 11) is 1.57. The number of hydrogen-bond donors (Lipinski definition) is 4. The molecule has 1 heterocycles. The largest absolute Gasteiger partial charge is 0.477 e. The molecule has 0 radical (unpaired) electrons. The number of ether oxygens (including phenoxy) is 1. The van der Waals surface area contributed by atoms with Crippen molar-refractivity contribution in [3.63, 3.8) is 0 Å². The number of nitro benzene ring substituents is 1. The average molecular weight is 304 g/mol. The van der Waals surface area contributed by atoms with Crippen LogP contribution < -0.4 is 10.1 Å². The van der Waals surface area contributed by atoms with E-state index in [9.17, 15) is 14.9 Å². The molecule has 1 aromatic heterocycles. The SMILES string of the molecule is CNc1[nH]c(C(=O)O)cc1C(=N)Oc1ccc([N+](=O)[O-])cc1. The molecule has 0 saturated heterocycles. The Balaban J connectivity index is 2.21. The highest BCUT2D eigenvalue weighted by Crippen LogP contribution is 2.21. The zero-order valence-corrected chi connectivity index (χ0v) is 11.4. The number of H-pyrrole nitrogens is 1. The van der Waals surface area contributed by atoms with E-state index in [1.165, 1.54) is 30.3 Å². The maximum absolute atomic E-state index is 10.9. The van der Waals surface area contributed by atoms with E-state index in [1.807, 2.05) is 0 Å².